The van der Waals surface area contributed by atoms with Crippen molar-refractivity contribution in [1.29, 1.82) is 4.78 Å². The predicted molar refractivity (Wildman–Crippen MR) is 143 cm³/mol. The Bertz CT molecular complexity index is 1240. The van der Waals surface area contributed by atoms with E-state index in [-0.39, 0.29) is 28.8 Å². The molecule has 1 aliphatic heterocycles. The number of benzene rings is 2. The third-order valence-electron chi connectivity index (χ3n) is 5.98. The molecule has 4 N–H and O–H groups in total. The molecule has 0 aromatic heterocycles. The summed E-state index contributed by atoms with van der Waals surface area (Å²) in [6.45, 7) is 6.36. The van der Waals surface area contributed by atoms with E-state index in [0.717, 1.165) is 23.7 Å². The molecule has 2 aromatic rings. The molecule has 0 saturated carbocycles. The summed E-state index contributed by atoms with van der Waals surface area (Å²) in [5.41, 5.74) is 1.99. The lowest BCUT2D eigenvalue weighted by molar-refractivity contribution is -0.109. The average molecular weight is 542 g/mol. The number of aliphatic hydroxyl groups is 2. The molecule has 3 rings (SSSR count). The van der Waals surface area contributed by atoms with Crippen LogP contribution >= 0.6 is 11.8 Å². The Morgan fingerprint density at radius 1 is 1.17 bits per heavy atom. The van der Waals surface area contributed by atoms with Gasteiger partial charge in [0.05, 0.1) is 30.9 Å². The van der Waals surface area contributed by atoms with Crippen LogP contribution in [0.5, 0.6) is 0 Å². The SMILES string of the molecule is CCc1ccc(N(CC(C)C)S(=O)(=O)c2ccc(NCC3CCSC3(O)O)c(S(C)(=N)=O)c2)cc1. The van der Waals surface area contributed by atoms with Crippen molar-refractivity contribution in [2.24, 2.45) is 11.8 Å². The molecule has 1 aliphatic rings. The van der Waals surface area contributed by atoms with Crippen molar-refractivity contribution in [3.05, 3.63) is 48.0 Å². The van der Waals surface area contributed by atoms with Crippen molar-refractivity contribution in [3.8, 4) is 0 Å². The second-order valence-corrected chi connectivity index (χ2v) is 14.6. The molecule has 1 fully saturated rings. The second-order valence-electron chi connectivity index (χ2n) is 9.33. The zero-order valence-electron chi connectivity index (χ0n) is 20.5. The maximum absolute atomic E-state index is 13.7. The van der Waals surface area contributed by atoms with Gasteiger partial charge in [-0.2, -0.15) is 0 Å². The fourth-order valence-corrected chi connectivity index (χ4v) is 7.74. The lowest BCUT2D eigenvalue weighted by atomic mass is 10.1. The van der Waals surface area contributed by atoms with Crippen molar-refractivity contribution in [2.45, 2.75) is 48.5 Å². The van der Waals surface area contributed by atoms with Crippen LogP contribution in [0.15, 0.2) is 52.3 Å². The zero-order chi connectivity index (χ0) is 26.0. The molecular formula is C24H35N3O5S3. The number of nitrogens with zero attached hydrogens (tertiary/aromatic N) is 1. The van der Waals surface area contributed by atoms with Crippen molar-refractivity contribution >= 4 is 42.9 Å². The summed E-state index contributed by atoms with van der Waals surface area (Å²) >= 11 is 1.06. The van der Waals surface area contributed by atoms with Gasteiger partial charge in [0.15, 0.2) is 0 Å². The maximum Gasteiger partial charge on any atom is 0.264 e. The van der Waals surface area contributed by atoms with E-state index < -0.39 is 30.8 Å². The molecule has 0 radical (unpaired) electrons. The number of sulfonamides is 1. The van der Waals surface area contributed by atoms with Gasteiger partial charge in [-0.05, 0) is 60.4 Å². The standard InChI is InChI=1S/C24H35N3O5S3/c1-5-18-6-8-20(9-7-18)27(16-17(2)3)35(31,32)21-10-11-22(23(14-21)34(4,25)30)26-15-19-12-13-33-24(19,28)29/h6-11,14,17,19,25-26,28-29H,5,12-13,15-16H2,1-4H3. The molecule has 1 heterocycles. The van der Waals surface area contributed by atoms with E-state index in [1.54, 1.807) is 12.1 Å². The van der Waals surface area contributed by atoms with Gasteiger partial charge < -0.3 is 15.5 Å². The number of rotatable bonds is 10. The number of nitrogens with one attached hydrogen (secondary N) is 2. The molecule has 0 aliphatic carbocycles. The number of thioether (sulfide) groups is 1. The van der Waals surface area contributed by atoms with E-state index in [2.05, 4.69) is 5.32 Å². The van der Waals surface area contributed by atoms with Gasteiger partial charge in [-0.1, -0.05) is 44.7 Å². The largest absolute Gasteiger partial charge is 0.384 e. The normalized spacial score (nSPS) is 19.5. The Hall–Kier alpha value is -1.79. The average Bonchev–Trinajstić information content (AvgIpc) is 3.13. The molecule has 0 amide bonds. The van der Waals surface area contributed by atoms with E-state index >= 15 is 0 Å². The van der Waals surface area contributed by atoms with Crippen LogP contribution in [0.1, 0.15) is 32.8 Å². The minimum absolute atomic E-state index is 0.0461. The Kier molecular flexibility index (Phi) is 8.48. The molecule has 2 aromatic carbocycles. The van der Waals surface area contributed by atoms with Gasteiger partial charge in [-0.15, -0.1) is 0 Å². The Morgan fingerprint density at radius 2 is 1.83 bits per heavy atom. The maximum atomic E-state index is 13.7. The van der Waals surface area contributed by atoms with Crippen LogP contribution in [0, 0.1) is 16.6 Å². The fraction of sp³-hybridized carbons (Fsp3) is 0.500. The van der Waals surface area contributed by atoms with E-state index in [0.29, 0.717) is 23.5 Å². The van der Waals surface area contributed by atoms with E-state index in [1.807, 2.05) is 32.9 Å². The Morgan fingerprint density at radius 3 is 2.34 bits per heavy atom. The van der Waals surface area contributed by atoms with Crippen molar-refractivity contribution in [2.75, 3.05) is 34.7 Å². The van der Waals surface area contributed by atoms with Gasteiger partial charge in [0, 0.05) is 25.3 Å². The molecule has 35 heavy (non-hydrogen) atoms. The molecular weight excluding hydrogens is 506 g/mol. The molecule has 194 valence electrons. The van der Waals surface area contributed by atoms with Crippen LogP contribution in [-0.2, 0) is 26.2 Å². The number of anilines is 2. The van der Waals surface area contributed by atoms with Gasteiger partial charge in [-0.3, -0.25) is 4.31 Å². The van der Waals surface area contributed by atoms with Gasteiger partial charge in [0.2, 0.25) is 5.12 Å². The van der Waals surface area contributed by atoms with Crippen molar-refractivity contribution in [1.82, 2.24) is 0 Å². The van der Waals surface area contributed by atoms with Crippen LogP contribution < -0.4 is 9.62 Å². The summed E-state index contributed by atoms with van der Waals surface area (Å²) in [7, 11) is -7.29. The third-order valence-corrected chi connectivity index (χ3v) is 10.1. The lowest BCUT2D eigenvalue weighted by Crippen LogP contribution is -2.35. The lowest BCUT2D eigenvalue weighted by Gasteiger charge is -2.27. The van der Waals surface area contributed by atoms with Crippen LogP contribution in [0.3, 0.4) is 0 Å². The third kappa shape index (κ3) is 6.51. The fourth-order valence-electron chi connectivity index (χ4n) is 3.96. The topological polar surface area (TPSA) is 131 Å². The highest BCUT2D eigenvalue weighted by molar-refractivity contribution is 8.00. The van der Waals surface area contributed by atoms with Gasteiger partial charge in [0.1, 0.15) is 0 Å². The first-order chi connectivity index (χ1) is 16.3. The summed E-state index contributed by atoms with van der Waals surface area (Å²) in [6.07, 6.45) is 2.68. The van der Waals surface area contributed by atoms with E-state index in [9.17, 15) is 22.8 Å². The van der Waals surface area contributed by atoms with E-state index in [4.69, 9.17) is 4.78 Å². The number of hydrogen-bond acceptors (Lipinski definition) is 8. The Labute approximate surface area is 213 Å². The van der Waals surface area contributed by atoms with Crippen molar-refractivity contribution in [3.63, 3.8) is 0 Å². The Balaban J connectivity index is 1.99. The van der Waals surface area contributed by atoms with Crippen LogP contribution in [0.4, 0.5) is 11.4 Å². The number of hydrogen-bond donors (Lipinski definition) is 4. The molecule has 2 unspecified atom stereocenters. The first-order valence-corrected chi connectivity index (χ1v) is 16.0. The van der Waals surface area contributed by atoms with Crippen LogP contribution in [-0.4, -0.2) is 53.1 Å². The highest BCUT2D eigenvalue weighted by Crippen LogP contribution is 2.39. The first-order valence-electron chi connectivity index (χ1n) is 11.6. The monoisotopic (exact) mass is 541 g/mol. The van der Waals surface area contributed by atoms with Crippen molar-refractivity contribution < 1.29 is 22.8 Å². The smallest absolute Gasteiger partial charge is 0.264 e. The molecule has 0 spiro atoms. The van der Waals surface area contributed by atoms with E-state index in [1.165, 1.54) is 28.8 Å². The highest BCUT2D eigenvalue weighted by Gasteiger charge is 2.40. The molecule has 1 saturated heterocycles. The zero-order valence-corrected chi connectivity index (χ0v) is 23.0. The van der Waals surface area contributed by atoms with Gasteiger partial charge in [-0.25, -0.2) is 17.4 Å². The second kappa shape index (κ2) is 10.7. The summed E-state index contributed by atoms with van der Waals surface area (Å²) in [5, 5.41) is 21.4. The summed E-state index contributed by atoms with van der Waals surface area (Å²) < 4.78 is 49.9. The first kappa shape index (κ1) is 27.8. The van der Waals surface area contributed by atoms with Gasteiger partial charge >= 0.3 is 0 Å². The highest BCUT2D eigenvalue weighted by atomic mass is 32.2. The predicted octanol–water partition coefficient (Wildman–Crippen LogP) is 3.94. The summed E-state index contributed by atoms with van der Waals surface area (Å²) in [4.78, 5) is 0.0201. The molecule has 0 bridgehead atoms. The minimum atomic E-state index is -4.00. The minimum Gasteiger partial charge on any atom is -0.384 e. The summed E-state index contributed by atoms with van der Waals surface area (Å²) in [5.74, 6) is 0.219. The quantitative estimate of drug-likeness (QED) is 0.335. The molecule has 11 heteroatoms. The van der Waals surface area contributed by atoms with Crippen LogP contribution in [0.2, 0.25) is 0 Å². The molecule has 2 atom stereocenters. The summed E-state index contributed by atoms with van der Waals surface area (Å²) in [6, 6.07) is 11.6. The van der Waals surface area contributed by atoms with Crippen LogP contribution in [0.25, 0.3) is 0 Å². The van der Waals surface area contributed by atoms with Gasteiger partial charge in [0.25, 0.3) is 10.0 Å². The number of aryl methyl sites for hydroxylation is 1. The molecule has 8 nitrogen and oxygen atoms in total.